The number of benzene rings is 1. The second-order valence-electron chi connectivity index (χ2n) is 6.18. The van der Waals surface area contributed by atoms with Crippen LogP contribution in [-0.4, -0.2) is 27.9 Å². The zero-order valence-corrected chi connectivity index (χ0v) is 13.7. The third kappa shape index (κ3) is 5.05. The number of rotatable bonds is 7. The van der Waals surface area contributed by atoms with Crippen molar-refractivity contribution in [1.29, 1.82) is 0 Å². The van der Waals surface area contributed by atoms with Gasteiger partial charge in [-0.3, -0.25) is 14.9 Å². The van der Waals surface area contributed by atoms with Crippen LogP contribution >= 0.6 is 0 Å². The van der Waals surface area contributed by atoms with Crippen LogP contribution in [-0.2, 0) is 4.79 Å². The van der Waals surface area contributed by atoms with Gasteiger partial charge in [0.15, 0.2) is 0 Å². The fourth-order valence-corrected chi connectivity index (χ4v) is 2.27. The van der Waals surface area contributed by atoms with E-state index in [-0.39, 0.29) is 29.5 Å². The zero-order valence-electron chi connectivity index (χ0n) is 13.7. The predicted octanol–water partition coefficient (Wildman–Crippen LogP) is 2.95. The molecular weight excluding hydrogens is 300 g/mol. The first kappa shape index (κ1) is 18.6. The molecule has 0 heterocycles. The highest BCUT2D eigenvalue weighted by molar-refractivity contribution is 5.97. The number of carbonyl (C=O) groups is 2. The molecule has 0 radical (unpaired) electrons. The maximum Gasteiger partial charge on any atom is 0.326 e. The Balaban J connectivity index is 3.06. The van der Waals surface area contributed by atoms with Gasteiger partial charge in [-0.2, -0.15) is 0 Å². The zero-order chi connectivity index (χ0) is 17.7. The second kappa shape index (κ2) is 7.71. The molecule has 7 heteroatoms. The first-order chi connectivity index (χ1) is 10.6. The van der Waals surface area contributed by atoms with Gasteiger partial charge in [-0.25, -0.2) is 4.79 Å². The lowest BCUT2D eigenvalue weighted by molar-refractivity contribution is -0.385. The molecule has 0 aromatic heterocycles. The minimum Gasteiger partial charge on any atom is -0.480 e. The summed E-state index contributed by atoms with van der Waals surface area (Å²) in [6.07, 6.45) is 0.285. The van der Waals surface area contributed by atoms with E-state index in [4.69, 9.17) is 5.11 Å². The molecular formula is C16H22N2O5. The lowest BCUT2D eigenvalue weighted by Gasteiger charge is -2.16. The minimum atomic E-state index is -1.12. The standard InChI is InChI=1S/C16H22N2O5/c1-9(2)7-13(16(20)21)17-15(19)11-5-6-12(10(3)4)14(8-11)18(22)23/h5-6,8-10,13H,7H2,1-4H3,(H,17,19)(H,20,21). The number of amides is 1. The van der Waals surface area contributed by atoms with Gasteiger partial charge in [0, 0.05) is 17.2 Å². The number of hydrogen-bond donors (Lipinski definition) is 2. The van der Waals surface area contributed by atoms with Gasteiger partial charge < -0.3 is 10.4 Å². The highest BCUT2D eigenvalue weighted by atomic mass is 16.6. The summed E-state index contributed by atoms with van der Waals surface area (Å²) in [7, 11) is 0. The largest absolute Gasteiger partial charge is 0.480 e. The van der Waals surface area contributed by atoms with Crippen LogP contribution in [0.1, 0.15) is 56.0 Å². The monoisotopic (exact) mass is 322 g/mol. The molecule has 0 spiro atoms. The van der Waals surface area contributed by atoms with E-state index >= 15 is 0 Å². The Morgan fingerprint density at radius 3 is 2.30 bits per heavy atom. The number of carbonyl (C=O) groups excluding carboxylic acids is 1. The molecule has 2 N–H and O–H groups in total. The summed E-state index contributed by atoms with van der Waals surface area (Å²) in [4.78, 5) is 34.0. The van der Waals surface area contributed by atoms with Crippen LogP contribution in [0, 0.1) is 16.0 Å². The molecule has 1 unspecified atom stereocenters. The molecule has 0 aliphatic carbocycles. The van der Waals surface area contributed by atoms with E-state index in [9.17, 15) is 19.7 Å². The number of hydrogen-bond acceptors (Lipinski definition) is 4. The van der Waals surface area contributed by atoms with Crippen LogP contribution in [0.4, 0.5) is 5.69 Å². The van der Waals surface area contributed by atoms with Crippen molar-refractivity contribution in [2.45, 2.75) is 46.1 Å². The summed E-state index contributed by atoms with van der Waals surface area (Å²) in [5.41, 5.74) is 0.475. The van der Waals surface area contributed by atoms with E-state index in [0.717, 1.165) is 0 Å². The van der Waals surface area contributed by atoms with Crippen molar-refractivity contribution < 1.29 is 19.6 Å². The summed E-state index contributed by atoms with van der Waals surface area (Å²) in [6.45, 7) is 7.35. The van der Waals surface area contributed by atoms with Gasteiger partial charge in [0.1, 0.15) is 6.04 Å². The molecule has 0 saturated heterocycles. The van der Waals surface area contributed by atoms with Crippen LogP contribution in [0.2, 0.25) is 0 Å². The molecule has 1 amide bonds. The number of carboxylic acids is 1. The van der Waals surface area contributed by atoms with Crippen LogP contribution in [0.3, 0.4) is 0 Å². The average molecular weight is 322 g/mol. The van der Waals surface area contributed by atoms with Gasteiger partial charge in [-0.1, -0.05) is 33.8 Å². The predicted molar refractivity (Wildman–Crippen MR) is 85.5 cm³/mol. The van der Waals surface area contributed by atoms with Crippen LogP contribution in [0.25, 0.3) is 0 Å². The normalized spacial score (nSPS) is 12.3. The Morgan fingerprint density at radius 2 is 1.87 bits per heavy atom. The topological polar surface area (TPSA) is 110 Å². The third-order valence-corrected chi connectivity index (χ3v) is 3.42. The summed E-state index contributed by atoms with van der Waals surface area (Å²) in [6, 6.07) is 3.19. The quantitative estimate of drug-likeness (QED) is 0.592. The van der Waals surface area contributed by atoms with E-state index in [1.807, 2.05) is 27.7 Å². The minimum absolute atomic E-state index is 0.0554. The van der Waals surface area contributed by atoms with Crippen molar-refractivity contribution in [2.24, 2.45) is 5.92 Å². The van der Waals surface area contributed by atoms with Crippen molar-refractivity contribution in [3.05, 3.63) is 39.4 Å². The fraction of sp³-hybridized carbons (Fsp3) is 0.500. The van der Waals surface area contributed by atoms with Crippen molar-refractivity contribution >= 4 is 17.6 Å². The van der Waals surface area contributed by atoms with E-state index < -0.39 is 22.8 Å². The summed E-state index contributed by atoms with van der Waals surface area (Å²) < 4.78 is 0. The first-order valence-electron chi connectivity index (χ1n) is 7.45. The molecule has 1 aromatic rings. The van der Waals surface area contributed by atoms with E-state index in [1.165, 1.54) is 18.2 Å². The van der Waals surface area contributed by atoms with E-state index in [1.54, 1.807) is 0 Å². The van der Waals surface area contributed by atoms with Gasteiger partial charge >= 0.3 is 5.97 Å². The smallest absolute Gasteiger partial charge is 0.326 e. The summed E-state index contributed by atoms with van der Waals surface area (Å²) in [5, 5.41) is 22.7. The molecule has 0 saturated carbocycles. The summed E-state index contributed by atoms with van der Waals surface area (Å²) in [5.74, 6) is -1.72. The molecule has 7 nitrogen and oxygen atoms in total. The Morgan fingerprint density at radius 1 is 1.26 bits per heavy atom. The maximum atomic E-state index is 12.2. The van der Waals surface area contributed by atoms with Gasteiger partial charge in [0.2, 0.25) is 0 Å². The molecule has 1 rings (SSSR count). The number of nitro benzene ring substituents is 1. The number of aliphatic carboxylic acids is 1. The maximum absolute atomic E-state index is 12.2. The Labute approximate surface area is 134 Å². The lowest BCUT2D eigenvalue weighted by Crippen LogP contribution is -2.41. The van der Waals surface area contributed by atoms with Crippen LogP contribution < -0.4 is 5.32 Å². The molecule has 0 bridgehead atoms. The average Bonchev–Trinajstić information content (AvgIpc) is 2.44. The Hall–Kier alpha value is -2.44. The summed E-state index contributed by atoms with van der Waals surface area (Å²) >= 11 is 0. The number of carboxylic acid groups (broad SMARTS) is 1. The fourth-order valence-electron chi connectivity index (χ4n) is 2.27. The van der Waals surface area contributed by atoms with Gasteiger partial charge in [0.25, 0.3) is 11.6 Å². The van der Waals surface area contributed by atoms with Gasteiger partial charge in [-0.15, -0.1) is 0 Å². The molecule has 0 fully saturated rings. The van der Waals surface area contributed by atoms with Gasteiger partial charge in [-0.05, 0) is 24.3 Å². The van der Waals surface area contributed by atoms with E-state index in [2.05, 4.69) is 5.32 Å². The first-order valence-corrected chi connectivity index (χ1v) is 7.45. The Bertz CT molecular complexity index is 610. The third-order valence-electron chi connectivity index (χ3n) is 3.42. The second-order valence-corrected chi connectivity index (χ2v) is 6.18. The molecule has 23 heavy (non-hydrogen) atoms. The molecule has 1 aromatic carbocycles. The number of nitrogens with zero attached hydrogens (tertiary/aromatic N) is 1. The molecule has 1 atom stereocenters. The highest BCUT2D eigenvalue weighted by Crippen LogP contribution is 2.27. The molecule has 0 aliphatic heterocycles. The van der Waals surface area contributed by atoms with Crippen molar-refractivity contribution in [3.63, 3.8) is 0 Å². The van der Waals surface area contributed by atoms with Crippen molar-refractivity contribution in [1.82, 2.24) is 5.32 Å². The number of nitrogens with one attached hydrogen (secondary N) is 1. The highest BCUT2D eigenvalue weighted by Gasteiger charge is 2.24. The van der Waals surface area contributed by atoms with Gasteiger partial charge in [0.05, 0.1) is 4.92 Å². The SMILES string of the molecule is CC(C)CC(NC(=O)c1ccc(C(C)C)c([N+](=O)[O-])c1)C(=O)O. The molecule has 0 aliphatic rings. The van der Waals surface area contributed by atoms with E-state index in [0.29, 0.717) is 5.56 Å². The van der Waals surface area contributed by atoms with Crippen molar-refractivity contribution in [3.8, 4) is 0 Å². The van der Waals surface area contributed by atoms with Crippen LogP contribution in [0.15, 0.2) is 18.2 Å². The molecule has 126 valence electrons. The number of nitro groups is 1. The van der Waals surface area contributed by atoms with Crippen LogP contribution in [0.5, 0.6) is 0 Å². The van der Waals surface area contributed by atoms with Crippen molar-refractivity contribution in [2.75, 3.05) is 0 Å². The lowest BCUT2D eigenvalue weighted by atomic mass is 9.98. The Kier molecular flexibility index (Phi) is 6.24.